The van der Waals surface area contributed by atoms with Gasteiger partial charge in [0.15, 0.2) is 16.0 Å². The number of H-pyrrole nitrogens is 1. The zero-order chi connectivity index (χ0) is 23.2. The number of hydrogen-bond acceptors (Lipinski definition) is 8. The van der Waals surface area contributed by atoms with Crippen molar-refractivity contribution in [1.82, 2.24) is 9.97 Å². The molecule has 4 aromatic rings. The number of nitrogens with zero attached hydrogens (tertiary/aromatic N) is 2. The number of Topliss-reactive ketones (excluding diaryl/α,β-unsaturated/α-hetero) is 1. The zero-order valence-corrected chi connectivity index (χ0v) is 18.8. The van der Waals surface area contributed by atoms with E-state index in [0.29, 0.717) is 46.4 Å². The molecule has 34 heavy (non-hydrogen) atoms. The summed E-state index contributed by atoms with van der Waals surface area (Å²) in [5.74, 6) is 1.07. The van der Waals surface area contributed by atoms with Crippen LogP contribution in [0.1, 0.15) is 36.2 Å². The molecule has 0 fully saturated rings. The van der Waals surface area contributed by atoms with Crippen LogP contribution < -0.4 is 11.5 Å². The molecule has 0 bridgehead atoms. The Labute approximate surface area is 198 Å². The van der Waals surface area contributed by atoms with Crippen LogP contribution in [0, 0.1) is 0 Å². The summed E-state index contributed by atoms with van der Waals surface area (Å²) in [5, 5.41) is 1.36. The van der Waals surface area contributed by atoms with E-state index in [2.05, 4.69) is 15.0 Å². The van der Waals surface area contributed by atoms with Crippen molar-refractivity contribution in [3.05, 3.63) is 89.4 Å². The first-order valence-corrected chi connectivity index (χ1v) is 11.7. The summed E-state index contributed by atoms with van der Waals surface area (Å²) in [6.07, 6.45) is 3.92. The number of nitrogens with two attached hydrogens (primary N) is 2. The molecular weight excluding hydrogens is 450 g/mol. The number of para-hydroxylation sites is 2. The molecule has 0 radical (unpaired) electrons. The van der Waals surface area contributed by atoms with Gasteiger partial charge in [0.05, 0.1) is 28.9 Å². The van der Waals surface area contributed by atoms with E-state index >= 15 is 0 Å². The maximum atomic E-state index is 13.3. The Morgan fingerprint density at radius 1 is 1.09 bits per heavy atom. The molecule has 9 heteroatoms. The summed E-state index contributed by atoms with van der Waals surface area (Å²) < 4.78 is 11.7. The second kappa shape index (κ2) is 8.11. The minimum absolute atomic E-state index is 0.00821. The Morgan fingerprint density at radius 2 is 1.97 bits per heavy atom. The van der Waals surface area contributed by atoms with E-state index < -0.39 is 5.92 Å². The molecule has 3 aromatic heterocycles. The van der Waals surface area contributed by atoms with Gasteiger partial charge in [0.2, 0.25) is 0 Å². The Kier molecular flexibility index (Phi) is 4.91. The van der Waals surface area contributed by atoms with Gasteiger partial charge in [-0.2, -0.15) is 0 Å². The number of benzene rings is 1. The highest BCUT2D eigenvalue weighted by Gasteiger charge is 2.41. The standard InChI is InChI=1S/C25H21N5O3S/c26-12-14-22(20-7-8-21(33-20)34-25-29-15-4-1-2-5-16(15)30-25)23-17(28-24(14)27)10-13(11-18(23)31)19-6-3-9-32-19/h1-9,12-13,22H,10-11,26H2,(H2,27,28)(H,29,30)/b14-12-. The van der Waals surface area contributed by atoms with Crippen molar-refractivity contribution in [3.63, 3.8) is 0 Å². The summed E-state index contributed by atoms with van der Waals surface area (Å²) in [6, 6.07) is 15.3. The summed E-state index contributed by atoms with van der Waals surface area (Å²) in [6.45, 7) is 0. The number of carbonyl (C=O) groups excluding carboxylic acids is 1. The molecule has 2 unspecified atom stereocenters. The van der Waals surface area contributed by atoms with Crippen molar-refractivity contribution in [3.8, 4) is 0 Å². The van der Waals surface area contributed by atoms with Gasteiger partial charge in [-0.1, -0.05) is 12.1 Å². The topological polar surface area (TPSA) is 136 Å². The highest BCUT2D eigenvalue weighted by molar-refractivity contribution is 7.99. The highest BCUT2D eigenvalue weighted by atomic mass is 32.2. The van der Waals surface area contributed by atoms with Gasteiger partial charge in [-0.05, 0) is 48.2 Å². The van der Waals surface area contributed by atoms with E-state index in [4.69, 9.17) is 20.3 Å². The van der Waals surface area contributed by atoms with Crippen LogP contribution in [-0.2, 0) is 4.79 Å². The lowest BCUT2D eigenvalue weighted by Crippen LogP contribution is -2.32. The fourth-order valence-electron chi connectivity index (χ4n) is 4.68. The molecule has 0 saturated carbocycles. The van der Waals surface area contributed by atoms with Crippen LogP contribution in [0.15, 0.2) is 102 Å². The molecule has 1 aliphatic carbocycles. The van der Waals surface area contributed by atoms with Crippen molar-refractivity contribution in [2.24, 2.45) is 16.5 Å². The Hall–Kier alpha value is -3.98. The molecule has 6 rings (SSSR count). The summed E-state index contributed by atoms with van der Waals surface area (Å²) >= 11 is 1.38. The third kappa shape index (κ3) is 3.45. The molecule has 0 amide bonds. The first-order chi connectivity index (χ1) is 16.6. The first kappa shape index (κ1) is 20.6. The fraction of sp³-hybridized carbons (Fsp3) is 0.160. The zero-order valence-electron chi connectivity index (χ0n) is 18.0. The van der Waals surface area contributed by atoms with Crippen LogP contribution in [0.2, 0.25) is 0 Å². The Morgan fingerprint density at radius 3 is 2.76 bits per heavy atom. The average Bonchev–Trinajstić information content (AvgIpc) is 3.59. The number of aromatic nitrogens is 2. The monoisotopic (exact) mass is 471 g/mol. The maximum absolute atomic E-state index is 13.3. The van der Waals surface area contributed by atoms with Crippen molar-refractivity contribution >= 4 is 34.4 Å². The number of nitrogens with one attached hydrogen (secondary N) is 1. The number of carbonyl (C=O) groups is 1. The molecule has 5 N–H and O–H groups in total. The molecule has 0 spiro atoms. The summed E-state index contributed by atoms with van der Waals surface area (Å²) in [7, 11) is 0. The number of fused-ring (bicyclic) bond motifs is 1. The predicted molar refractivity (Wildman–Crippen MR) is 128 cm³/mol. The lowest BCUT2D eigenvalue weighted by Gasteiger charge is -2.31. The predicted octanol–water partition coefficient (Wildman–Crippen LogP) is 4.60. The second-order valence-electron chi connectivity index (χ2n) is 8.27. The van der Waals surface area contributed by atoms with Crippen molar-refractivity contribution in [2.75, 3.05) is 0 Å². The number of aliphatic imine (C=N–C) groups is 1. The number of aromatic amines is 1. The van der Waals surface area contributed by atoms with Gasteiger partial charge in [-0.25, -0.2) is 9.98 Å². The molecule has 0 saturated heterocycles. The average molecular weight is 472 g/mol. The van der Waals surface area contributed by atoms with Crippen LogP contribution in [0.25, 0.3) is 11.0 Å². The van der Waals surface area contributed by atoms with E-state index in [9.17, 15) is 4.79 Å². The molecule has 1 aliphatic heterocycles. The SMILES string of the molecule is N/C=C1\C(N)=NC2=C(C(=O)CC(c3ccco3)C2)C1c1ccc(Sc2nc3ccccc3[nH]2)o1. The van der Waals surface area contributed by atoms with E-state index in [1.807, 2.05) is 48.5 Å². The van der Waals surface area contributed by atoms with E-state index in [0.717, 1.165) is 22.0 Å². The van der Waals surface area contributed by atoms with E-state index in [1.165, 1.54) is 18.0 Å². The Bertz CT molecular complexity index is 1460. The molecule has 4 heterocycles. The van der Waals surface area contributed by atoms with Gasteiger partial charge in [0.1, 0.15) is 17.4 Å². The summed E-state index contributed by atoms with van der Waals surface area (Å²) in [4.78, 5) is 25.8. The number of imidazole rings is 1. The largest absolute Gasteiger partial charge is 0.469 e. The number of amidine groups is 1. The maximum Gasteiger partial charge on any atom is 0.174 e. The van der Waals surface area contributed by atoms with Crippen LogP contribution in [0.5, 0.6) is 0 Å². The normalized spacial score (nSPS) is 21.8. The molecule has 170 valence electrons. The molecule has 1 aromatic carbocycles. The van der Waals surface area contributed by atoms with Gasteiger partial charge in [0.25, 0.3) is 0 Å². The highest BCUT2D eigenvalue weighted by Crippen LogP contribution is 2.46. The van der Waals surface area contributed by atoms with E-state index in [-0.39, 0.29) is 11.7 Å². The minimum atomic E-state index is -0.507. The lowest BCUT2D eigenvalue weighted by molar-refractivity contribution is -0.116. The third-order valence-electron chi connectivity index (χ3n) is 6.21. The van der Waals surface area contributed by atoms with Crippen LogP contribution in [0.4, 0.5) is 0 Å². The van der Waals surface area contributed by atoms with E-state index in [1.54, 1.807) is 6.26 Å². The minimum Gasteiger partial charge on any atom is -0.469 e. The molecule has 2 aliphatic rings. The van der Waals surface area contributed by atoms with Gasteiger partial charge in [-0.3, -0.25) is 4.79 Å². The van der Waals surface area contributed by atoms with Crippen molar-refractivity contribution < 1.29 is 13.6 Å². The number of rotatable bonds is 4. The van der Waals surface area contributed by atoms with Gasteiger partial charge < -0.3 is 25.3 Å². The van der Waals surface area contributed by atoms with Gasteiger partial charge >= 0.3 is 0 Å². The number of hydrogen-bond donors (Lipinski definition) is 3. The van der Waals surface area contributed by atoms with Gasteiger partial charge in [0, 0.05) is 36.1 Å². The van der Waals surface area contributed by atoms with Crippen LogP contribution >= 0.6 is 11.8 Å². The number of ketones is 1. The third-order valence-corrected chi connectivity index (χ3v) is 7.02. The Balaban J connectivity index is 1.34. The smallest absolute Gasteiger partial charge is 0.174 e. The first-order valence-electron chi connectivity index (χ1n) is 10.9. The molecule has 8 nitrogen and oxygen atoms in total. The number of furan rings is 2. The summed E-state index contributed by atoms with van der Waals surface area (Å²) in [5.41, 5.74) is 15.9. The molecule has 2 atom stereocenters. The second-order valence-corrected chi connectivity index (χ2v) is 9.27. The van der Waals surface area contributed by atoms with Crippen molar-refractivity contribution in [1.29, 1.82) is 0 Å². The lowest BCUT2D eigenvalue weighted by atomic mass is 9.75. The van der Waals surface area contributed by atoms with Crippen molar-refractivity contribution in [2.45, 2.75) is 34.9 Å². The van der Waals surface area contributed by atoms with Gasteiger partial charge in [-0.15, -0.1) is 0 Å². The quantitative estimate of drug-likeness (QED) is 0.396. The van der Waals surface area contributed by atoms with Crippen LogP contribution in [-0.4, -0.2) is 21.6 Å². The van der Waals surface area contributed by atoms with Crippen LogP contribution in [0.3, 0.4) is 0 Å². The fourth-order valence-corrected chi connectivity index (χ4v) is 5.45. The molecular formula is C25H21N5O3S. The number of allylic oxidation sites excluding steroid dienone is 2.